The van der Waals surface area contributed by atoms with Crippen molar-refractivity contribution in [2.24, 2.45) is 0 Å². The first kappa shape index (κ1) is 15.1. The zero-order valence-corrected chi connectivity index (χ0v) is 12.3. The van der Waals surface area contributed by atoms with Crippen molar-refractivity contribution in [1.82, 2.24) is 9.78 Å². The molecule has 0 spiro atoms. The lowest BCUT2D eigenvalue weighted by atomic mass is 10.0. The van der Waals surface area contributed by atoms with Gasteiger partial charge in [-0.1, -0.05) is 48.0 Å². The molecule has 0 unspecified atom stereocenters. The van der Waals surface area contributed by atoms with Crippen molar-refractivity contribution in [2.45, 2.75) is 13.1 Å². The summed E-state index contributed by atoms with van der Waals surface area (Å²) >= 11 is 0. The van der Waals surface area contributed by atoms with Crippen molar-refractivity contribution in [2.75, 3.05) is 5.73 Å². The second-order valence-electron chi connectivity index (χ2n) is 5.22. The first-order valence-corrected chi connectivity index (χ1v) is 6.96. The van der Waals surface area contributed by atoms with Crippen molar-refractivity contribution >= 4 is 5.82 Å². The molecular weight excluding hydrogens is 303 g/mol. The normalized spacial score (nSPS) is 11.7. The summed E-state index contributed by atoms with van der Waals surface area (Å²) in [6, 6.07) is 15.2. The van der Waals surface area contributed by atoms with Crippen LogP contribution in [-0.2, 0) is 6.18 Å². The molecule has 1 aromatic heterocycles. The van der Waals surface area contributed by atoms with Gasteiger partial charge in [-0.25, -0.2) is 4.68 Å². The summed E-state index contributed by atoms with van der Waals surface area (Å²) < 4.78 is 41.3. The third kappa shape index (κ3) is 2.79. The molecule has 2 N–H and O–H groups in total. The van der Waals surface area contributed by atoms with Crippen LogP contribution in [0.3, 0.4) is 0 Å². The van der Waals surface area contributed by atoms with Crippen LogP contribution in [0.4, 0.5) is 19.0 Å². The monoisotopic (exact) mass is 317 g/mol. The molecule has 0 aliphatic rings. The van der Waals surface area contributed by atoms with Gasteiger partial charge in [0.05, 0.1) is 11.3 Å². The van der Waals surface area contributed by atoms with Crippen LogP contribution in [0.1, 0.15) is 11.3 Å². The Labute approximate surface area is 131 Å². The highest BCUT2D eigenvalue weighted by molar-refractivity contribution is 5.78. The quantitative estimate of drug-likeness (QED) is 0.759. The molecule has 0 saturated heterocycles. The van der Waals surface area contributed by atoms with Gasteiger partial charge >= 0.3 is 6.18 Å². The van der Waals surface area contributed by atoms with Crippen molar-refractivity contribution in [3.63, 3.8) is 0 Å². The molecule has 0 radical (unpaired) electrons. The number of nitrogens with two attached hydrogens (primary N) is 1. The topological polar surface area (TPSA) is 43.8 Å². The van der Waals surface area contributed by atoms with Gasteiger partial charge < -0.3 is 5.73 Å². The lowest BCUT2D eigenvalue weighted by Gasteiger charge is -2.07. The summed E-state index contributed by atoms with van der Waals surface area (Å²) in [7, 11) is 0. The number of halogens is 3. The van der Waals surface area contributed by atoms with E-state index in [0.717, 1.165) is 10.2 Å². The van der Waals surface area contributed by atoms with Crippen LogP contribution in [0.2, 0.25) is 0 Å². The van der Waals surface area contributed by atoms with Gasteiger partial charge in [0.2, 0.25) is 0 Å². The summed E-state index contributed by atoms with van der Waals surface area (Å²) in [6.07, 6.45) is -4.59. The molecule has 0 aliphatic carbocycles. The minimum atomic E-state index is -4.59. The molecule has 2 aromatic carbocycles. The van der Waals surface area contributed by atoms with Crippen LogP contribution < -0.4 is 5.73 Å². The number of para-hydroxylation sites is 1. The molecule has 3 rings (SSSR count). The molecule has 3 nitrogen and oxygen atoms in total. The molecule has 0 amide bonds. The van der Waals surface area contributed by atoms with Crippen LogP contribution in [0.25, 0.3) is 16.8 Å². The van der Waals surface area contributed by atoms with E-state index < -0.39 is 11.9 Å². The van der Waals surface area contributed by atoms with Crippen molar-refractivity contribution in [3.05, 3.63) is 65.9 Å². The van der Waals surface area contributed by atoms with Gasteiger partial charge in [0.15, 0.2) is 5.69 Å². The van der Waals surface area contributed by atoms with E-state index >= 15 is 0 Å². The van der Waals surface area contributed by atoms with Crippen LogP contribution in [0.15, 0.2) is 54.6 Å². The van der Waals surface area contributed by atoms with Gasteiger partial charge in [-0.15, -0.1) is 0 Å². The number of alkyl halides is 3. The Bertz CT molecular complexity index is 819. The zero-order valence-electron chi connectivity index (χ0n) is 12.3. The highest BCUT2D eigenvalue weighted by Gasteiger charge is 2.39. The zero-order chi connectivity index (χ0) is 16.6. The minimum absolute atomic E-state index is 0.0348. The van der Waals surface area contributed by atoms with E-state index in [4.69, 9.17) is 5.73 Å². The molecule has 0 aliphatic heterocycles. The Kier molecular flexibility index (Phi) is 3.60. The van der Waals surface area contributed by atoms with Gasteiger partial charge in [0.1, 0.15) is 5.82 Å². The van der Waals surface area contributed by atoms with Gasteiger partial charge in [0, 0.05) is 0 Å². The SMILES string of the molecule is Cc1ccc(-c2c(C(F)(F)F)nn(-c3ccccc3)c2N)cc1. The summed E-state index contributed by atoms with van der Waals surface area (Å²) in [6.45, 7) is 1.87. The number of nitrogens with zero attached hydrogens (tertiary/aromatic N) is 2. The predicted molar refractivity (Wildman–Crippen MR) is 83.2 cm³/mol. The summed E-state index contributed by atoms with van der Waals surface area (Å²) in [5.41, 5.74) is 6.75. The standard InChI is InChI=1S/C17H14F3N3/c1-11-7-9-12(10-8-11)14-15(17(18,19)20)22-23(16(14)21)13-5-3-2-4-6-13/h2-10H,21H2,1H3. The fourth-order valence-electron chi connectivity index (χ4n) is 2.40. The van der Waals surface area contributed by atoms with Crippen LogP contribution in [0, 0.1) is 6.92 Å². The van der Waals surface area contributed by atoms with E-state index in [0.29, 0.717) is 11.3 Å². The average Bonchev–Trinajstić information content (AvgIpc) is 2.87. The minimum Gasteiger partial charge on any atom is -0.383 e. The third-order valence-corrected chi connectivity index (χ3v) is 3.53. The van der Waals surface area contributed by atoms with Gasteiger partial charge in [0.25, 0.3) is 0 Å². The Morgan fingerprint density at radius 3 is 2.13 bits per heavy atom. The average molecular weight is 317 g/mol. The lowest BCUT2D eigenvalue weighted by molar-refractivity contribution is -0.140. The first-order chi connectivity index (χ1) is 10.9. The summed E-state index contributed by atoms with van der Waals surface area (Å²) in [5.74, 6) is -0.0348. The number of benzene rings is 2. The number of rotatable bonds is 2. The molecular formula is C17H14F3N3. The highest BCUT2D eigenvalue weighted by atomic mass is 19.4. The molecule has 0 fully saturated rings. The predicted octanol–water partition coefficient (Wildman–Crippen LogP) is 4.45. The number of aromatic nitrogens is 2. The summed E-state index contributed by atoms with van der Waals surface area (Å²) in [5, 5.41) is 3.72. The Morgan fingerprint density at radius 2 is 1.57 bits per heavy atom. The lowest BCUT2D eigenvalue weighted by Crippen LogP contribution is -2.08. The number of anilines is 1. The van der Waals surface area contributed by atoms with Gasteiger partial charge in [-0.2, -0.15) is 18.3 Å². The maximum atomic E-state index is 13.4. The number of hydrogen-bond acceptors (Lipinski definition) is 2. The van der Waals surface area contributed by atoms with Crippen molar-refractivity contribution in [1.29, 1.82) is 0 Å². The van der Waals surface area contributed by atoms with Crippen LogP contribution in [0.5, 0.6) is 0 Å². The number of aryl methyl sites for hydroxylation is 1. The molecule has 3 aromatic rings. The van der Waals surface area contributed by atoms with E-state index in [2.05, 4.69) is 5.10 Å². The molecule has 0 atom stereocenters. The Hall–Kier alpha value is -2.76. The fourth-order valence-corrected chi connectivity index (χ4v) is 2.40. The van der Waals surface area contributed by atoms with Crippen LogP contribution >= 0.6 is 0 Å². The molecule has 0 bridgehead atoms. The largest absolute Gasteiger partial charge is 0.435 e. The van der Waals surface area contributed by atoms with E-state index in [1.807, 2.05) is 6.92 Å². The fraction of sp³-hybridized carbons (Fsp3) is 0.118. The number of nitrogen functional groups attached to an aromatic ring is 1. The highest BCUT2D eigenvalue weighted by Crippen LogP contribution is 2.40. The second kappa shape index (κ2) is 5.46. The Morgan fingerprint density at radius 1 is 0.957 bits per heavy atom. The second-order valence-corrected chi connectivity index (χ2v) is 5.22. The van der Waals surface area contributed by atoms with E-state index in [1.54, 1.807) is 54.6 Å². The molecule has 1 heterocycles. The van der Waals surface area contributed by atoms with Crippen molar-refractivity contribution < 1.29 is 13.2 Å². The molecule has 6 heteroatoms. The number of hydrogen-bond donors (Lipinski definition) is 1. The molecule has 118 valence electrons. The van der Waals surface area contributed by atoms with Gasteiger partial charge in [-0.3, -0.25) is 0 Å². The first-order valence-electron chi connectivity index (χ1n) is 6.96. The maximum Gasteiger partial charge on any atom is 0.435 e. The Balaban J connectivity index is 2.25. The summed E-state index contributed by atoms with van der Waals surface area (Å²) in [4.78, 5) is 0. The third-order valence-electron chi connectivity index (χ3n) is 3.53. The van der Waals surface area contributed by atoms with E-state index in [1.165, 1.54) is 0 Å². The maximum absolute atomic E-state index is 13.4. The van der Waals surface area contributed by atoms with Crippen LogP contribution in [-0.4, -0.2) is 9.78 Å². The van der Waals surface area contributed by atoms with E-state index in [-0.39, 0.29) is 11.4 Å². The smallest absolute Gasteiger partial charge is 0.383 e. The van der Waals surface area contributed by atoms with Crippen molar-refractivity contribution in [3.8, 4) is 16.8 Å². The molecule has 0 saturated carbocycles. The molecule has 23 heavy (non-hydrogen) atoms. The van der Waals surface area contributed by atoms with E-state index in [9.17, 15) is 13.2 Å². The van der Waals surface area contributed by atoms with Gasteiger partial charge in [-0.05, 0) is 24.6 Å².